The molecule has 2 rings (SSSR count). The zero-order valence-electron chi connectivity index (χ0n) is 13.0. The second-order valence-electron chi connectivity index (χ2n) is 4.94. The number of hydrogen-bond acceptors (Lipinski definition) is 5. The molecule has 0 radical (unpaired) electrons. The molecule has 0 amide bonds. The summed E-state index contributed by atoms with van der Waals surface area (Å²) in [4.78, 5) is 0. The molecule has 1 aromatic heterocycles. The fourth-order valence-corrected chi connectivity index (χ4v) is 2.67. The van der Waals surface area contributed by atoms with E-state index in [1.54, 1.807) is 17.8 Å². The van der Waals surface area contributed by atoms with Gasteiger partial charge in [-0.15, -0.1) is 10.2 Å². The average molecular weight is 342 g/mol. The molecule has 5 nitrogen and oxygen atoms in total. The molecule has 0 N–H and O–H groups in total. The number of halogens is 1. The normalized spacial score (nSPS) is 11.1. The molecule has 0 saturated heterocycles. The first-order valence-electron chi connectivity index (χ1n) is 7.08. The lowest BCUT2D eigenvalue weighted by Gasteiger charge is -2.08. The van der Waals surface area contributed by atoms with Crippen molar-refractivity contribution in [3.8, 4) is 5.75 Å². The van der Waals surface area contributed by atoms with Crippen LogP contribution in [0.25, 0.3) is 0 Å². The second kappa shape index (κ2) is 8.41. The molecule has 0 unspecified atom stereocenters. The molecule has 120 valence electrons. The van der Waals surface area contributed by atoms with Crippen LogP contribution in [-0.2, 0) is 18.4 Å². The Labute approximate surface area is 140 Å². The number of thioether (sulfide) groups is 1. The van der Waals surface area contributed by atoms with Crippen LogP contribution < -0.4 is 4.74 Å². The fourth-order valence-electron chi connectivity index (χ4n) is 1.72. The van der Waals surface area contributed by atoms with Crippen molar-refractivity contribution >= 4 is 23.4 Å². The first-order valence-corrected chi connectivity index (χ1v) is 8.44. The SMILES string of the molecule is CC(C)OCCSc1nnc(COc2ccccc2Cl)n1C. The monoisotopic (exact) mass is 341 g/mol. The summed E-state index contributed by atoms with van der Waals surface area (Å²) in [6.07, 6.45) is 0.250. The van der Waals surface area contributed by atoms with Crippen LogP contribution in [0.15, 0.2) is 29.4 Å². The van der Waals surface area contributed by atoms with Crippen LogP contribution in [0.3, 0.4) is 0 Å². The van der Waals surface area contributed by atoms with Crippen molar-refractivity contribution in [2.45, 2.75) is 31.7 Å². The summed E-state index contributed by atoms with van der Waals surface area (Å²) in [6, 6.07) is 7.38. The van der Waals surface area contributed by atoms with Crippen molar-refractivity contribution in [3.05, 3.63) is 35.1 Å². The van der Waals surface area contributed by atoms with Crippen molar-refractivity contribution in [2.75, 3.05) is 12.4 Å². The van der Waals surface area contributed by atoms with Crippen LogP contribution in [0, 0.1) is 0 Å². The molecule has 0 aliphatic heterocycles. The van der Waals surface area contributed by atoms with Crippen LogP contribution in [0.5, 0.6) is 5.75 Å². The molecule has 0 spiro atoms. The number of nitrogens with zero attached hydrogens (tertiary/aromatic N) is 3. The molecule has 0 aliphatic carbocycles. The Morgan fingerprint density at radius 3 is 2.77 bits per heavy atom. The van der Waals surface area contributed by atoms with Crippen LogP contribution in [0.2, 0.25) is 5.02 Å². The summed E-state index contributed by atoms with van der Waals surface area (Å²) in [5, 5.41) is 9.77. The highest BCUT2D eigenvalue weighted by Crippen LogP contribution is 2.24. The lowest BCUT2D eigenvalue weighted by atomic mass is 10.3. The largest absolute Gasteiger partial charge is 0.484 e. The minimum absolute atomic E-state index is 0.250. The van der Waals surface area contributed by atoms with Gasteiger partial charge in [0.05, 0.1) is 17.7 Å². The summed E-state index contributed by atoms with van der Waals surface area (Å²) in [6.45, 7) is 5.07. The average Bonchev–Trinajstić information content (AvgIpc) is 2.83. The molecular weight excluding hydrogens is 322 g/mol. The van der Waals surface area contributed by atoms with Gasteiger partial charge in [-0.05, 0) is 26.0 Å². The quantitative estimate of drug-likeness (QED) is 0.542. The molecule has 1 aromatic carbocycles. The van der Waals surface area contributed by atoms with E-state index in [9.17, 15) is 0 Å². The molecule has 0 saturated carbocycles. The van der Waals surface area contributed by atoms with Crippen molar-refractivity contribution in [2.24, 2.45) is 7.05 Å². The first kappa shape index (κ1) is 17.1. The number of benzene rings is 1. The van der Waals surface area contributed by atoms with Gasteiger partial charge in [0.2, 0.25) is 0 Å². The lowest BCUT2D eigenvalue weighted by molar-refractivity contribution is 0.0920. The maximum Gasteiger partial charge on any atom is 0.191 e. The van der Waals surface area contributed by atoms with Gasteiger partial charge in [-0.25, -0.2) is 0 Å². The minimum atomic E-state index is 0.250. The zero-order valence-corrected chi connectivity index (χ0v) is 14.5. The Kier molecular flexibility index (Phi) is 6.54. The van der Waals surface area contributed by atoms with E-state index in [0.29, 0.717) is 24.0 Å². The maximum absolute atomic E-state index is 6.06. The molecule has 0 atom stereocenters. The molecule has 22 heavy (non-hydrogen) atoms. The number of aromatic nitrogens is 3. The second-order valence-corrected chi connectivity index (χ2v) is 6.41. The van der Waals surface area contributed by atoms with E-state index in [4.69, 9.17) is 21.1 Å². The highest BCUT2D eigenvalue weighted by atomic mass is 35.5. The highest BCUT2D eigenvalue weighted by molar-refractivity contribution is 7.99. The fraction of sp³-hybridized carbons (Fsp3) is 0.467. The van der Waals surface area contributed by atoms with E-state index in [2.05, 4.69) is 10.2 Å². The van der Waals surface area contributed by atoms with Crippen molar-refractivity contribution < 1.29 is 9.47 Å². The van der Waals surface area contributed by atoms with Gasteiger partial charge in [0.1, 0.15) is 12.4 Å². The Bertz CT molecular complexity index is 604. The van der Waals surface area contributed by atoms with E-state index >= 15 is 0 Å². The molecule has 2 aromatic rings. The standard InChI is InChI=1S/C15H20ClN3O2S/c1-11(2)20-8-9-22-15-18-17-14(19(15)3)10-21-13-7-5-4-6-12(13)16/h4-7,11H,8-10H2,1-3H3. The molecular formula is C15H20ClN3O2S. The van der Waals surface area contributed by atoms with Gasteiger partial charge >= 0.3 is 0 Å². The molecule has 1 heterocycles. The summed E-state index contributed by atoms with van der Waals surface area (Å²) >= 11 is 7.68. The van der Waals surface area contributed by atoms with Gasteiger partial charge in [-0.1, -0.05) is 35.5 Å². The number of para-hydroxylation sites is 1. The molecule has 0 bridgehead atoms. The first-order chi connectivity index (χ1) is 10.6. The van der Waals surface area contributed by atoms with E-state index < -0.39 is 0 Å². The Morgan fingerprint density at radius 1 is 1.27 bits per heavy atom. The van der Waals surface area contributed by atoms with Crippen LogP contribution in [0.4, 0.5) is 0 Å². The Balaban J connectivity index is 1.87. The Hall–Kier alpha value is -1.24. The Morgan fingerprint density at radius 2 is 2.05 bits per heavy atom. The third-order valence-electron chi connectivity index (χ3n) is 2.88. The molecule has 0 aliphatic rings. The maximum atomic E-state index is 6.06. The van der Waals surface area contributed by atoms with Gasteiger partial charge in [-0.2, -0.15) is 0 Å². The number of rotatable bonds is 8. The van der Waals surface area contributed by atoms with E-state index in [1.807, 2.05) is 43.7 Å². The number of ether oxygens (including phenoxy) is 2. The van der Waals surface area contributed by atoms with Crippen molar-refractivity contribution in [1.29, 1.82) is 0 Å². The van der Waals surface area contributed by atoms with E-state index in [0.717, 1.165) is 16.7 Å². The minimum Gasteiger partial charge on any atom is -0.484 e. The lowest BCUT2D eigenvalue weighted by Crippen LogP contribution is -2.07. The topological polar surface area (TPSA) is 49.2 Å². The summed E-state index contributed by atoms with van der Waals surface area (Å²) in [5.41, 5.74) is 0. The van der Waals surface area contributed by atoms with Gasteiger partial charge in [0.15, 0.2) is 11.0 Å². The van der Waals surface area contributed by atoms with Crippen LogP contribution in [0.1, 0.15) is 19.7 Å². The zero-order chi connectivity index (χ0) is 15.9. The van der Waals surface area contributed by atoms with Crippen LogP contribution in [-0.4, -0.2) is 33.2 Å². The predicted molar refractivity (Wildman–Crippen MR) is 88.6 cm³/mol. The van der Waals surface area contributed by atoms with Gasteiger partial charge in [0.25, 0.3) is 0 Å². The smallest absolute Gasteiger partial charge is 0.191 e. The predicted octanol–water partition coefficient (Wildman–Crippen LogP) is 3.56. The van der Waals surface area contributed by atoms with Crippen molar-refractivity contribution in [3.63, 3.8) is 0 Å². The van der Waals surface area contributed by atoms with Gasteiger partial charge in [-0.3, -0.25) is 0 Å². The number of hydrogen-bond donors (Lipinski definition) is 0. The van der Waals surface area contributed by atoms with Crippen molar-refractivity contribution in [1.82, 2.24) is 14.8 Å². The summed E-state index contributed by atoms with van der Waals surface area (Å²) in [7, 11) is 1.93. The summed E-state index contributed by atoms with van der Waals surface area (Å²) < 4.78 is 13.1. The van der Waals surface area contributed by atoms with Gasteiger partial charge < -0.3 is 14.0 Å². The van der Waals surface area contributed by atoms with Crippen LogP contribution >= 0.6 is 23.4 Å². The molecule has 7 heteroatoms. The molecule has 0 fully saturated rings. The summed E-state index contributed by atoms with van der Waals surface area (Å²) in [5.74, 6) is 2.24. The highest BCUT2D eigenvalue weighted by Gasteiger charge is 2.10. The van der Waals surface area contributed by atoms with E-state index in [-0.39, 0.29) is 6.10 Å². The van der Waals surface area contributed by atoms with E-state index in [1.165, 1.54) is 0 Å². The third kappa shape index (κ3) is 4.90. The third-order valence-corrected chi connectivity index (χ3v) is 4.18. The van der Waals surface area contributed by atoms with Gasteiger partial charge in [0, 0.05) is 12.8 Å².